The summed E-state index contributed by atoms with van der Waals surface area (Å²) < 4.78 is 5.29. The number of amides is 2. The predicted octanol–water partition coefficient (Wildman–Crippen LogP) is 2.40. The average Bonchev–Trinajstić information content (AvgIpc) is 2.84. The van der Waals surface area contributed by atoms with Crippen molar-refractivity contribution in [1.82, 2.24) is 9.80 Å². The van der Waals surface area contributed by atoms with Crippen LogP contribution in [0.4, 0.5) is 16.2 Å². The number of carbonyl (C=O) groups is 2. The lowest BCUT2D eigenvalue weighted by Crippen LogP contribution is -2.54. The number of nitrogens with zero attached hydrogens (tertiary/aromatic N) is 4. The number of hydrogen-bond acceptors (Lipinski definition) is 6. The van der Waals surface area contributed by atoms with E-state index in [1.807, 2.05) is 11.0 Å². The fourth-order valence-electron chi connectivity index (χ4n) is 3.93. The Bertz CT molecular complexity index is 967. The topological polar surface area (TPSA) is 96.2 Å². The number of carbonyl (C=O) groups excluding carboxylic acids is 2. The molecule has 2 fully saturated rings. The summed E-state index contributed by atoms with van der Waals surface area (Å²) in [5, 5.41) is 11.7. The van der Waals surface area contributed by atoms with Gasteiger partial charge in [0.2, 0.25) is 0 Å². The van der Waals surface area contributed by atoms with Crippen molar-refractivity contribution < 1.29 is 19.2 Å². The third kappa shape index (κ3) is 4.51. The first kappa shape index (κ1) is 20.8. The number of piperazine rings is 1. The number of benzene rings is 2. The van der Waals surface area contributed by atoms with Crippen molar-refractivity contribution >= 4 is 23.2 Å². The largest absolute Gasteiger partial charge is 0.378 e. The Balaban J connectivity index is 1.47. The van der Waals surface area contributed by atoms with Crippen molar-refractivity contribution in [2.45, 2.75) is 0 Å². The summed E-state index contributed by atoms with van der Waals surface area (Å²) in [6.45, 7) is 4.21. The van der Waals surface area contributed by atoms with Crippen molar-refractivity contribution in [3.63, 3.8) is 0 Å². The zero-order valence-corrected chi connectivity index (χ0v) is 17.1. The molecule has 0 radical (unpaired) electrons. The first-order valence-electron chi connectivity index (χ1n) is 10.3. The smallest absolute Gasteiger partial charge is 0.320 e. The van der Waals surface area contributed by atoms with E-state index in [9.17, 15) is 19.7 Å². The van der Waals surface area contributed by atoms with Gasteiger partial charge in [0, 0.05) is 56.5 Å². The van der Waals surface area contributed by atoms with E-state index in [-0.39, 0.29) is 23.1 Å². The van der Waals surface area contributed by atoms with Crippen LogP contribution in [0.2, 0.25) is 0 Å². The highest BCUT2D eigenvalue weighted by atomic mass is 16.6. The van der Waals surface area contributed by atoms with E-state index in [2.05, 4.69) is 0 Å². The van der Waals surface area contributed by atoms with Crippen LogP contribution in [0, 0.1) is 10.1 Å². The maximum atomic E-state index is 12.7. The Morgan fingerprint density at radius 1 is 0.839 bits per heavy atom. The summed E-state index contributed by atoms with van der Waals surface area (Å²) in [4.78, 5) is 42.1. The van der Waals surface area contributed by atoms with Gasteiger partial charge in [-0.2, -0.15) is 0 Å². The van der Waals surface area contributed by atoms with E-state index >= 15 is 0 Å². The van der Waals surface area contributed by atoms with Crippen LogP contribution < -0.4 is 4.90 Å². The van der Waals surface area contributed by atoms with Crippen LogP contribution in [0.1, 0.15) is 15.9 Å². The molecule has 2 amide bonds. The van der Waals surface area contributed by atoms with Crippen molar-refractivity contribution in [3.8, 4) is 0 Å². The fraction of sp³-hybridized carbons (Fsp3) is 0.364. The van der Waals surface area contributed by atoms with Gasteiger partial charge in [0.25, 0.3) is 5.69 Å². The number of ether oxygens (including phenoxy) is 1. The normalized spacial score (nSPS) is 16.8. The molecule has 31 heavy (non-hydrogen) atoms. The summed E-state index contributed by atoms with van der Waals surface area (Å²) in [5.74, 6) is -0.254. The zero-order chi connectivity index (χ0) is 21.8. The first-order valence-corrected chi connectivity index (χ1v) is 10.3. The van der Waals surface area contributed by atoms with Crippen LogP contribution in [-0.2, 0) is 4.74 Å². The monoisotopic (exact) mass is 424 g/mol. The predicted molar refractivity (Wildman–Crippen MR) is 115 cm³/mol. The number of rotatable bonds is 4. The molecule has 9 heteroatoms. The second-order valence-corrected chi connectivity index (χ2v) is 7.51. The molecule has 0 bridgehead atoms. The molecule has 2 aromatic rings. The molecule has 0 spiro atoms. The Kier molecular flexibility index (Phi) is 6.13. The molecule has 0 saturated carbocycles. The van der Waals surface area contributed by atoms with E-state index in [0.717, 1.165) is 0 Å². The van der Waals surface area contributed by atoms with Crippen LogP contribution in [0.5, 0.6) is 0 Å². The van der Waals surface area contributed by atoms with Crippen molar-refractivity contribution in [3.05, 3.63) is 69.8 Å². The van der Waals surface area contributed by atoms with Gasteiger partial charge in [0.05, 0.1) is 18.1 Å². The minimum atomic E-state index is -0.456. The van der Waals surface area contributed by atoms with E-state index in [4.69, 9.17) is 4.74 Å². The van der Waals surface area contributed by atoms with E-state index in [1.165, 1.54) is 6.07 Å². The lowest BCUT2D eigenvalue weighted by Gasteiger charge is -2.39. The third-order valence-electron chi connectivity index (χ3n) is 5.64. The van der Waals surface area contributed by atoms with Crippen molar-refractivity contribution in [2.24, 2.45) is 0 Å². The second kappa shape index (κ2) is 9.13. The Hall–Kier alpha value is -3.46. The van der Waals surface area contributed by atoms with E-state index in [0.29, 0.717) is 63.7 Å². The molecular weight excluding hydrogens is 400 g/mol. The van der Waals surface area contributed by atoms with Gasteiger partial charge in [-0.15, -0.1) is 0 Å². The number of hydrogen-bond donors (Lipinski definition) is 0. The van der Waals surface area contributed by atoms with Gasteiger partial charge in [-0.25, -0.2) is 4.79 Å². The third-order valence-corrected chi connectivity index (χ3v) is 5.64. The zero-order valence-electron chi connectivity index (χ0n) is 17.1. The minimum Gasteiger partial charge on any atom is -0.378 e. The number of nitro groups is 1. The van der Waals surface area contributed by atoms with Gasteiger partial charge >= 0.3 is 6.03 Å². The van der Waals surface area contributed by atoms with Crippen LogP contribution >= 0.6 is 0 Å². The summed E-state index contributed by atoms with van der Waals surface area (Å²) in [7, 11) is 0. The summed E-state index contributed by atoms with van der Waals surface area (Å²) in [6.07, 6.45) is 0. The van der Waals surface area contributed by atoms with Gasteiger partial charge < -0.3 is 19.4 Å². The van der Waals surface area contributed by atoms with Crippen LogP contribution in [0.15, 0.2) is 48.5 Å². The van der Waals surface area contributed by atoms with Gasteiger partial charge in [0.1, 0.15) is 5.69 Å². The highest BCUT2D eigenvalue weighted by Gasteiger charge is 2.29. The second-order valence-electron chi connectivity index (χ2n) is 7.51. The average molecular weight is 424 g/mol. The summed E-state index contributed by atoms with van der Waals surface area (Å²) >= 11 is 0. The number of anilines is 1. The molecule has 2 aliphatic heterocycles. The molecule has 0 aliphatic carbocycles. The Morgan fingerprint density at radius 3 is 2.13 bits per heavy atom. The molecule has 2 aliphatic rings. The van der Waals surface area contributed by atoms with Gasteiger partial charge in [-0.1, -0.05) is 30.3 Å². The summed E-state index contributed by atoms with van der Waals surface area (Å²) in [6, 6.07) is 13.3. The molecule has 2 heterocycles. The lowest BCUT2D eigenvalue weighted by atomic mass is 10.0. The molecule has 162 valence electrons. The first-order chi connectivity index (χ1) is 15.0. The number of ketones is 1. The molecule has 4 rings (SSSR count). The molecule has 2 aromatic carbocycles. The standard InChI is InChI=1S/C22H24N4O5/c27-21(17-4-2-1-3-5-17)18-6-7-19(20(16-18)26(29)30)23-8-10-24(11-9-23)22(28)25-12-14-31-15-13-25/h1-7,16H,8-15H2. The van der Waals surface area contributed by atoms with Gasteiger partial charge in [-0.05, 0) is 12.1 Å². The number of morpholine rings is 1. The van der Waals surface area contributed by atoms with Crippen LogP contribution in [-0.4, -0.2) is 79.0 Å². The molecule has 9 nitrogen and oxygen atoms in total. The number of nitro benzene ring substituents is 1. The lowest BCUT2D eigenvalue weighted by molar-refractivity contribution is -0.384. The van der Waals surface area contributed by atoms with Gasteiger partial charge in [-0.3, -0.25) is 14.9 Å². The van der Waals surface area contributed by atoms with E-state index < -0.39 is 4.92 Å². The molecule has 0 aromatic heterocycles. The molecule has 2 saturated heterocycles. The maximum absolute atomic E-state index is 12.7. The quantitative estimate of drug-likeness (QED) is 0.425. The highest BCUT2D eigenvalue weighted by molar-refractivity contribution is 6.09. The van der Waals surface area contributed by atoms with Crippen LogP contribution in [0.25, 0.3) is 0 Å². The highest BCUT2D eigenvalue weighted by Crippen LogP contribution is 2.31. The SMILES string of the molecule is O=C(c1ccccc1)c1ccc(N2CCN(C(=O)N3CCOCC3)CC2)c([N+](=O)[O-])c1. The van der Waals surface area contributed by atoms with Crippen molar-refractivity contribution in [1.29, 1.82) is 0 Å². The van der Waals surface area contributed by atoms with Crippen molar-refractivity contribution in [2.75, 3.05) is 57.4 Å². The van der Waals surface area contributed by atoms with Gasteiger partial charge in [0.15, 0.2) is 5.78 Å². The molecule has 0 unspecified atom stereocenters. The number of urea groups is 1. The maximum Gasteiger partial charge on any atom is 0.320 e. The Labute approximate surface area is 179 Å². The van der Waals surface area contributed by atoms with E-state index in [1.54, 1.807) is 46.2 Å². The summed E-state index contributed by atoms with van der Waals surface area (Å²) in [5.41, 5.74) is 1.13. The molecule has 0 N–H and O–H groups in total. The molecule has 0 atom stereocenters. The fourth-order valence-corrected chi connectivity index (χ4v) is 3.93. The van der Waals surface area contributed by atoms with Crippen LogP contribution in [0.3, 0.4) is 0 Å². The minimum absolute atomic E-state index is 0.0127. The Morgan fingerprint density at radius 2 is 1.48 bits per heavy atom. The molecular formula is C22H24N4O5.